The van der Waals surface area contributed by atoms with Crippen molar-refractivity contribution < 1.29 is 4.79 Å². The molecule has 0 heterocycles. The lowest BCUT2D eigenvalue weighted by molar-refractivity contribution is -0.125. The van der Waals surface area contributed by atoms with Gasteiger partial charge in [0.15, 0.2) is 0 Å². The monoisotopic (exact) mass is 312 g/mol. The van der Waals surface area contributed by atoms with Gasteiger partial charge in [0, 0.05) is 11.0 Å². The first-order chi connectivity index (χ1) is 8.48. The topological polar surface area (TPSA) is 41.1 Å². The average Bonchev–Trinajstić information content (AvgIpc) is 2.34. The molecule has 100 valence electrons. The molecule has 0 spiro atoms. The Morgan fingerprint density at radius 1 is 1.33 bits per heavy atom. The van der Waals surface area contributed by atoms with Gasteiger partial charge in [0.05, 0.1) is 5.41 Å². The van der Waals surface area contributed by atoms with Crippen molar-refractivity contribution in [1.29, 1.82) is 0 Å². The Morgan fingerprint density at radius 3 is 2.67 bits per heavy atom. The van der Waals surface area contributed by atoms with Crippen LogP contribution >= 0.6 is 15.9 Å². The third-order valence-corrected chi connectivity index (χ3v) is 3.50. The van der Waals surface area contributed by atoms with Gasteiger partial charge in [-0.15, -0.1) is 0 Å². The van der Waals surface area contributed by atoms with Gasteiger partial charge < -0.3 is 10.6 Å². The fraction of sp³-hybridized carbons (Fsp3) is 0.500. The fourth-order valence-electron chi connectivity index (χ4n) is 1.70. The van der Waals surface area contributed by atoms with Crippen LogP contribution in [0.5, 0.6) is 0 Å². The number of rotatable bonds is 6. The zero-order chi connectivity index (χ0) is 13.6. The van der Waals surface area contributed by atoms with E-state index >= 15 is 0 Å². The minimum Gasteiger partial charge on any atom is -0.355 e. The highest BCUT2D eigenvalue weighted by Gasteiger charge is 2.29. The maximum absolute atomic E-state index is 12.2. The van der Waals surface area contributed by atoms with Crippen molar-refractivity contribution in [2.75, 3.05) is 20.1 Å². The molecule has 0 saturated carbocycles. The van der Waals surface area contributed by atoms with Crippen molar-refractivity contribution in [3.63, 3.8) is 0 Å². The highest BCUT2D eigenvalue weighted by atomic mass is 79.9. The lowest BCUT2D eigenvalue weighted by atomic mass is 9.84. The second-order valence-electron chi connectivity index (χ2n) is 4.85. The Labute approximate surface area is 117 Å². The molecule has 1 aromatic carbocycles. The SMILES string of the molecule is CNCCCNC(=O)C(C)(C)c1cccc(Br)c1. The fourth-order valence-corrected chi connectivity index (χ4v) is 2.10. The van der Waals surface area contributed by atoms with Crippen LogP contribution in [-0.2, 0) is 10.2 Å². The maximum atomic E-state index is 12.2. The van der Waals surface area contributed by atoms with Gasteiger partial charge >= 0.3 is 0 Å². The predicted octanol–water partition coefficient (Wildman–Crippen LogP) is 2.45. The smallest absolute Gasteiger partial charge is 0.230 e. The van der Waals surface area contributed by atoms with Crippen LogP contribution in [0.25, 0.3) is 0 Å². The summed E-state index contributed by atoms with van der Waals surface area (Å²) in [6.07, 6.45) is 0.941. The number of hydrogen-bond acceptors (Lipinski definition) is 2. The lowest BCUT2D eigenvalue weighted by Crippen LogP contribution is -2.40. The number of amides is 1. The molecule has 3 nitrogen and oxygen atoms in total. The van der Waals surface area contributed by atoms with E-state index in [1.165, 1.54) is 0 Å². The molecule has 0 saturated heterocycles. The third-order valence-electron chi connectivity index (χ3n) is 3.00. The molecule has 1 amide bonds. The summed E-state index contributed by atoms with van der Waals surface area (Å²) in [7, 11) is 1.91. The van der Waals surface area contributed by atoms with Gasteiger partial charge in [-0.1, -0.05) is 28.1 Å². The quantitative estimate of drug-likeness (QED) is 0.792. The molecule has 0 atom stereocenters. The first-order valence-corrected chi connectivity index (χ1v) is 6.96. The molecule has 0 radical (unpaired) electrons. The summed E-state index contributed by atoms with van der Waals surface area (Å²) in [6, 6.07) is 7.89. The molecule has 0 bridgehead atoms. The van der Waals surface area contributed by atoms with E-state index in [-0.39, 0.29) is 5.91 Å². The van der Waals surface area contributed by atoms with Crippen LogP contribution < -0.4 is 10.6 Å². The molecule has 0 aliphatic heterocycles. The van der Waals surface area contributed by atoms with Gasteiger partial charge in [0.2, 0.25) is 5.91 Å². The first-order valence-electron chi connectivity index (χ1n) is 6.17. The van der Waals surface area contributed by atoms with E-state index in [9.17, 15) is 4.79 Å². The van der Waals surface area contributed by atoms with Gasteiger partial charge in [-0.3, -0.25) is 4.79 Å². The summed E-state index contributed by atoms with van der Waals surface area (Å²) in [4.78, 5) is 12.2. The Kier molecular flexibility index (Phi) is 5.82. The molecule has 1 rings (SSSR count). The lowest BCUT2D eigenvalue weighted by Gasteiger charge is -2.24. The summed E-state index contributed by atoms with van der Waals surface area (Å²) >= 11 is 3.44. The molecule has 0 unspecified atom stereocenters. The van der Waals surface area contributed by atoms with E-state index in [4.69, 9.17) is 0 Å². The van der Waals surface area contributed by atoms with E-state index in [0.717, 1.165) is 23.0 Å². The highest BCUT2D eigenvalue weighted by molar-refractivity contribution is 9.10. The second-order valence-corrected chi connectivity index (χ2v) is 5.76. The number of carbonyl (C=O) groups is 1. The van der Waals surface area contributed by atoms with Crippen LogP contribution in [-0.4, -0.2) is 26.0 Å². The van der Waals surface area contributed by atoms with Crippen LogP contribution in [0.4, 0.5) is 0 Å². The van der Waals surface area contributed by atoms with Gasteiger partial charge in [-0.05, 0) is 51.6 Å². The minimum atomic E-state index is -0.510. The average molecular weight is 313 g/mol. The number of nitrogens with one attached hydrogen (secondary N) is 2. The summed E-state index contributed by atoms with van der Waals surface area (Å²) in [5.74, 6) is 0.0664. The number of hydrogen-bond donors (Lipinski definition) is 2. The number of benzene rings is 1. The summed E-state index contributed by atoms with van der Waals surface area (Å²) in [6.45, 7) is 5.51. The van der Waals surface area contributed by atoms with Gasteiger partial charge in [-0.2, -0.15) is 0 Å². The molecule has 0 aliphatic rings. The maximum Gasteiger partial charge on any atom is 0.230 e. The van der Waals surface area contributed by atoms with Crippen molar-refractivity contribution in [3.8, 4) is 0 Å². The molecular weight excluding hydrogens is 292 g/mol. The van der Waals surface area contributed by atoms with Crippen LogP contribution in [0.1, 0.15) is 25.8 Å². The molecule has 0 fully saturated rings. The van der Waals surface area contributed by atoms with Crippen LogP contribution in [0.15, 0.2) is 28.7 Å². The van der Waals surface area contributed by atoms with E-state index in [1.54, 1.807) is 0 Å². The zero-order valence-electron chi connectivity index (χ0n) is 11.2. The van der Waals surface area contributed by atoms with E-state index < -0.39 is 5.41 Å². The first kappa shape index (κ1) is 15.2. The van der Waals surface area contributed by atoms with Crippen molar-refractivity contribution in [3.05, 3.63) is 34.3 Å². The van der Waals surface area contributed by atoms with Crippen molar-refractivity contribution in [2.24, 2.45) is 0 Å². The Morgan fingerprint density at radius 2 is 2.06 bits per heavy atom. The van der Waals surface area contributed by atoms with Crippen LogP contribution in [0, 0.1) is 0 Å². The molecule has 1 aromatic rings. The standard InChI is InChI=1S/C14H21BrN2O/c1-14(2,11-6-4-7-12(15)10-11)13(18)17-9-5-8-16-3/h4,6-7,10,16H,5,8-9H2,1-3H3,(H,17,18). The molecule has 0 aromatic heterocycles. The molecular formula is C14H21BrN2O. The van der Waals surface area contributed by atoms with Gasteiger partial charge in [0.1, 0.15) is 0 Å². The van der Waals surface area contributed by atoms with Crippen LogP contribution in [0.3, 0.4) is 0 Å². The predicted molar refractivity (Wildman–Crippen MR) is 78.7 cm³/mol. The summed E-state index contributed by atoms with van der Waals surface area (Å²) < 4.78 is 0.996. The number of carbonyl (C=O) groups excluding carboxylic acids is 1. The second kappa shape index (κ2) is 6.90. The van der Waals surface area contributed by atoms with Gasteiger partial charge in [0.25, 0.3) is 0 Å². The van der Waals surface area contributed by atoms with Crippen molar-refractivity contribution in [1.82, 2.24) is 10.6 Å². The Hall–Kier alpha value is -0.870. The largest absolute Gasteiger partial charge is 0.355 e. The minimum absolute atomic E-state index is 0.0664. The highest BCUT2D eigenvalue weighted by Crippen LogP contribution is 2.25. The normalized spacial score (nSPS) is 11.3. The Balaban J connectivity index is 2.65. The molecule has 2 N–H and O–H groups in total. The van der Waals surface area contributed by atoms with Crippen molar-refractivity contribution in [2.45, 2.75) is 25.7 Å². The van der Waals surface area contributed by atoms with Crippen molar-refractivity contribution >= 4 is 21.8 Å². The van der Waals surface area contributed by atoms with E-state index in [2.05, 4.69) is 26.6 Å². The third kappa shape index (κ3) is 4.10. The molecule has 18 heavy (non-hydrogen) atoms. The van der Waals surface area contributed by atoms with Crippen LogP contribution in [0.2, 0.25) is 0 Å². The summed E-state index contributed by atoms with van der Waals surface area (Å²) in [5.41, 5.74) is 0.506. The number of halogens is 1. The van der Waals surface area contributed by atoms with E-state index in [1.807, 2.05) is 45.2 Å². The molecule has 0 aliphatic carbocycles. The van der Waals surface area contributed by atoms with Gasteiger partial charge in [-0.25, -0.2) is 0 Å². The zero-order valence-corrected chi connectivity index (χ0v) is 12.8. The molecule has 4 heteroatoms. The Bertz CT molecular complexity index is 405. The van der Waals surface area contributed by atoms with E-state index in [0.29, 0.717) is 6.54 Å². The summed E-state index contributed by atoms with van der Waals surface area (Å²) in [5, 5.41) is 6.04.